The molecule has 1 heterocycles. The lowest BCUT2D eigenvalue weighted by Gasteiger charge is -2.23. The average molecular weight is 222 g/mol. The van der Waals surface area contributed by atoms with Gasteiger partial charge in [0.2, 0.25) is 0 Å². The van der Waals surface area contributed by atoms with Crippen molar-refractivity contribution in [3.8, 4) is 0 Å². The third-order valence-corrected chi connectivity index (χ3v) is 2.54. The summed E-state index contributed by atoms with van der Waals surface area (Å²) in [7, 11) is 1.91. The van der Waals surface area contributed by atoms with Gasteiger partial charge in [0, 0.05) is 37.9 Å². The number of hydrogen-bond donors (Lipinski definition) is 1. The van der Waals surface area contributed by atoms with Crippen molar-refractivity contribution in [1.29, 1.82) is 0 Å². The van der Waals surface area contributed by atoms with Crippen molar-refractivity contribution in [1.82, 2.24) is 14.7 Å². The van der Waals surface area contributed by atoms with Gasteiger partial charge < -0.3 is 5.73 Å². The Bertz CT molecular complexity index is 319. The molecular formula is C12H22N4. The predicted octanol–water partition coefficient (Wildman–Crippen LogP) is 1.32. The van der Waals surface area contributed by atoms with Crippen LogP contribution < -0.4 is 5.73 Å². The molecule has 1 rings (SSSR count). The Labute approximate surface area is 97.7 Å². The molecule has 0 saturated heterocycles. The molecule has 0 amide bonds. The molecule has 2 N–H and O–H groups in total. The van der Waals surface area contributed by atoms with Gasteiger partial charge in [-0.05, 0) is 13.0 Å². The summed E-state index contributed by atoms with van der Waals surface area (Å²) in [6.45, 7) is 8.74. The van der Waals surface area contributed by atoms with E-state index in [1.807, 2.05) is 25.5 Å². The third kappa shape index (κ3) is 3.79. The van der Waals surface area contributed by atoms with E-state index in [4.69, 9.17) is 5.73 Å². The monoisotopic (exact) mass is 222 g/mol. The Balaban J connectivity index is 2.53. The number of aromatic nitrogens is 2. The molecule has 0 aliphatic carbocycles. The summed E-state index contributed by atoms with van der Waals surface area (Å²) in [5.74, 6) is 0. The summed E-state index contributed by atoms with van der Waals surface area (Å²) in [4.78, 5) is 2.31. The summed E-state index contributed by atoms with van der Waals surface area (Å²) >= 11 is 0. The molecule has 4 heteroatoms. The second kappa shape index (κ2) is 6.45. The van der Waals surface area contributed by atoms with E-state index in [2.05, 4.69) is 23.5 Å². The molecule has 1 aromatic heterocycles. The molecule has 1 unspecified atom stereocenters. The minimum Gasteiger partial charge on any atom is -0.323 e. The molecule has 0 spiro atoms. The van der Waals surface area contributed by atoms with Gasteiger partial charge in [-0.25, -0.2) is 0 Å². The van der Waals surface area contributed by atoms with Crippen molar-refractivity contribution >= 4 is 0 Å². The summed E-state index contributed by atoms with van der Waals surface area (Å²) in [6, 6.07) is 0.0280. The van der Waals surface area contributed by atoms with Crippen LogP contribution in [0.25, 0.3) is 0 Å². The second-order valence-electron chi connectivity index (χ2n) is 4.10. The van der Waals surface area contributed by atoms with Crippen LogP contribution in [0.3, 0.4) is 0 Å². The van der Waals surface area contributed by atoms with Gasteiger partial charge >= 0.3 is 0 Å². The van der Waals surface area contributed by atoms with Crippen molar-refractivity contribution in [2.24, 2.45) is 12.8 Å². The minimum atomic E-state index is 0.0280. The zero-order chi connectivity index (χ0) is 12.0. The topological polar surface area (TPSA) is 47.1 Å². The first-order valence-electron chi connectivity index (χ1n) is 5.74. The molecule has 1 atom stereocenters. The lowest BCUT2D eigenvalue weighted by atomic mass is 10.1. The highest BCUT2D eigenvalue weighted by Gasteiger charge is 2.12. The number of hydrogen-bond acceptors (Lipinski definition) is 3. The van der Waals surface area contributed by atoms with Crippen molar-refractivity contribution in [2.45, 2.75) is 19.4 Å². The molecule has 0 fully saturated rings. The molecule has 0 radical (unpaired) electrons. The number of nitrogens with two attached hydrogens (primary N) is 1. The van der Waals surface area contributed by atoms with Gasteiger partial charge in [0.05, 0.1) is 6.20 Å². The van der Waals surface area contributed by atoms with Crippen LogP contribution in [0, 0.1) is 0 Å². The number of aryl methyl sites for hydroxylation is 1. The minimum absolute atomic E-state index is 0.0280. The van der Waals surface area contributed by atoms with E-state index >= 15 is 0 Å². The van der Waals surface area contributed by atoms with Gasteiger partial charge in [0.1, 0.15) is 0 Å². The Morgan fingerprint density at radius 1 is 1.69 bits per heavy atom. The van der Waals surface area contributed by atoms with Crippen molar-refractivity contribution in [2.75, 3.05) is 19.6 Å². The third-order valence-electron chi connectivity index (χ3n) is 2.54. The summed E-state index contributed by atoms with van der Waals surface area (Å²) in [5, 5.41) is 4.13. The van der Waals surface area contributed by atoms with Gasteiger partial charge in [0.25, 0.3) is 0 Å². The molecule has 0 bridgehead atoms. The van der Waals surface area contributed by atoms with Crippen molar-refractivity contribution in [3.63, 3.8) is 0 Å². The van der Waals surface area contributed by atoms with E-state index < -0.39 is 0 Å². The average Bonchev–Trinajstić information content (AvgIpc) is 2.65. The predicted molar refractivity (Wildman–Crippen MR) is 67.1 cm³/mol. The highest BCUT2D eigenvalue weighted by Crippen LogP contribution is 2.10. The lowest BCUT2D eigenvalue weighted by molar-refractivity contribution is 0.284. The smallest absolute Gasteiger partial charge is 0.0537 e. The van der Waals surface area contributed by atoms with E-state index in [9.17, 15) is 0 Å². The first kappa shape index (κ1) is 12.9. The largest absolute Gasteiger partial charge is 0.323 e. The van der Waals surface area contributed by atoms with Crippen LogP contribution in [-0.4, -0.2) is 34.3 Å². The molecule has 16 heavy (non-hydrogen) atoms. The van der Waals surface area contributed by atoms with Crippen LogP contribution >= 0.6 is 0 Å². The van der Waals surface area contributed by atoms with Crippen LogP contribution in [0.2, 0.25) is 0 Å². The normalized spacial score (nSPS) is 13.0. The zero-order valence-corrected chi connectivity index (χ0v) is 10.3. The molecule has 0 aliphatic rings. The SMILES string of the molecule is C=CCN(CCC)CC(N)c1cnn(C)c1. The van der Waals surface area contributed by atoms with Gasteiger partial charge in [-0.2, -0.15) is 5.10 Å². The van der Waals surface area contributed by atoms with E-state index in [-0.39, 0.29) is 6.04 Å². The van der Waals surface area contributed by atoms with Crippen molar-refractivity contribution in [3.05, 3.63) is 30.6 Å². The quantitative estimate of drug-likeness (QED) is 0.708. The van der Waals surface area contributed by atoms with Gasteiger partial charge in [-0.15, -0.1) is 6.58 Å². The van der Waals surface area contributed by atoms with E-state index in [0.29, 0.717) is 0 Å². The fourth-order valence-electron chi connectivity index (χ4n) is 1.77. The number of nitrogens with zero attached hydrogens (tertiary/aromatic N) is 3. The summed E-state index contributed by atoms with van der Waals surface area (Å²) in [5.41, 5.74) is 7.23. The molecule has 4 nitrogen and oxygen atoms in total. The fourth-order valence-corrected chi connectivity index (χ4v) is 1.77. The number of rotatable bonds is 7. The highest BCUT2D eigenvalue weighted by atomic mass is 15.2. The maximum Gasteiger partial charge on any atom is 0.0537 e. The maximum atomic E-state index is 6.14. The standard InChI is InChI=1S/C12H22N4/c1-4-6-16(7-5-2)10-12(13)11-8-14-15(3)9-11/h4,8-9,12H,1,5-7,10,13H2,2-3H3. The fraction of sp³-hybridized carbons (Fsp3) is 0.583. The maximum absolute atomic E-state index is 6.14. The van der Waals surface area contributed by atoms with Crippen LogP contribution in [0.15, 0.2) is 25.0 Å². The van der Waals surface area contributed by atoms with Crippen LogP contribution in [0.5, 0.6) is 0 Å². The molecule has 1 aromatic rings. The van der Waals surface area contributed by atoms with E-state index in [1.54, 1.807) is 4.68 Å². The molecule has 90 valence electrons. The molecule has 0 aromatic carbocycles. The summed E-state index contributed by atoms with van der Waals surface area (Å²) in [6.07, 6.45) is 6.87. The van der Waals surface area contributed by atoms with Crippen molar-refractivity contribution < 1.29 is 0 Å². The van der Waals surface area contributed by atoms with Gasteiger partial charge in [-0.1, -0.05) is 13.0 Å². The van der Waals surface area contributed by atoms with E-state index in [0.717, 1.165) is 31.6 Å². The van der Waals surface area contributed by atoms with Crippen LogP contribution in [-0.2, 0) is 7.05 Å². The lowest BCUT2D eigenvalue weighted by Crippen LogP contribution is -2.32. The highest BCUT2D eigenvalue weighted by molar-refractivity contribution is 5.10. The first-order chi connectivity index (χ1) is 7.67. The van der Waals surface area contributed by atoms with E-state index in [1.165, 1.54) is 0 Å². The Morgan fingerprint density at radius 2 is 2.44 bits per heavy atom. The molecule has 0 aliphatic heterocycles. The van der Waals surface area contributed by atoms with Gasteiger partial charge in [-0.3, -0.25) is 9.58 Å². The summed E-state index contributed by atoms with van der Waals surface area (Å²) < 4.78 is 1.78. The Hall–Kier alpha value is -1.13. The molecular weight excluding hydrogens is 200 g/mol. The van der Waals surface area contributed by atoms with Gasteiger partial charge in [0.15, 0.2) is 0 Å². The Kier molecular flexibility index (Phi) is 5.22. The van der Waals surface area contributed by atoms with Crippen LogP contribution in [0.4, 0.5) is 0 Å². The van der Waals surface area contributed by atoms with Crippen LogP contribution in [0.1, 0.15) is 24.9 Å². The second-order valence-corrected chi connectivity index (χ2v) is 4.10. The molecule has 0 saturated carbocycles. The first-order valence-corrected chi connectivity index (χ1v) is 5.74. The zero-order valence-electron chi connectivity index (χ0n) is 10.3. The Morgan fingerprint density at radius 3 is 2.94 bits per heavy atom.